The average molecular weight is 347 g/mol. The standard InChI is InChI=1S/C19H30BNO4/c1-13(2)12-21-17(22)10-14-8-9-15(11-16(14)23-7)20-24-18(3,4)19(5,6)25-20/h8-9,11,13H,10,12H2,1-7H3,(H,21,22). The van der Waals surface area contributed by atoms with Crippen molar-refractivity contribution in [2.24, 2.45) is 5.92 Å². The minimum atomic E-state index is -0.442. The van der Waals surface area contributed by atoms with E-state index in [9.17, 15) is 4.79 Å². The molecule has 1 fully saturated rings. The first kappa shape index (κ1) is 19.8. The molecule has 5 nitrogen and oxygen atoms in total. The van der Waals surface area contributed by atoms with Crippen molar-refractivity contribution in [3.8, 4) is 5.75 Å². The van der Waals surface area contributed by atoms with Crippen molar-refractivity contribution in [2.45, 2.75) is 59.2 Å². The molecule has 6 heteroatoms. The van der Waals surface area contributed by atoms with E-state index in [1.54, 1.807) is 7.11 Å². The van der Waals surface area contributed by atoms with Crippen molar-refractivity contribution in [3.63, 3.8) is 0 Å². The highest BCUT2D eigenvalue weighted by atomic mass is 16.7. The maximum absolute atomic E-state index is 12.1. The van der Waals surface area contributed by atoms with Crippen molar-refractivity contribution in [2.75, 3.05) is 13.7 Å². The highest BCUT2D eigenvalue weighted by Gasteiger charge is 2.51. The Morgan fingerprint density at radius 1 is 1.20 bits per heavy atom. The lowest BCUT2D eigenvalue weighted by Crippen LogP contribution is -2.41. The van der Waals surface area contributed by atoms with Gasteiger partial charge in [-0.2, -0.15) is 0 Å². The van der Waals surface area contributed by atoms with Crippen LogP contribution in [0.15, 0.2) is 18.2 Å². The predicted octanol–water partition coefficient (Wildman–Crippen LogP) is 2.31. The van der Waals surface area contributed by atoms with Crippen LogP contribution in [0.25, 0.3) is 0 Å². The second kappa shape index (κ2) is 7.38. The van der Waals surface area contributed by atoms with Gasteiger partial charge in [-0.25, -0.2) is 0 Å². The van der Waals surface area contributed by atoms with Gasteiger partial charge in [0.25, 0.3) is 0 Å². The molecule has 25 heavy (non-hydrogen) atoms. The Labute approximate surface area is 151 Å². The molecule has 1 aliphatic heterocycles. The number of carbonyl (C=O) groups is 1. The number of hydrogen-bond donors (Lipinski definition) is 1. The first-order valence-electron chi connectivity index (χ1n) is 8.85. The molecule has 0 saturated carbocycles. The second-order valence-electron chi connectivity index (χ2n) is 8.03. The Balaban J connectivity index is 2.13. The highest BCUT2D eigenvalue weighted by Crippen LogP contribution is 2.36. The molecular formula is C19H30BNO4. The van der Waals surface area contributed by atoms with Gasteiger partial charge < -0.3 is 19.4 Å². The van der Waals surface area contributed by atoms with Crippen LogP contribution in [0, 0.1) is 5.92 Å². The molecule has 0 atom stereocenters. The Kier molecular flexibility index (Phi) is 5.84. The van der Waals surface area contributed by atoms with E-state index in [-0.39, 0.29) is 17.1 Å². The summed E-state index contributed by atoms with van der Waals surface area (Å²) in [6.07, 6.45) is 0.291. The molecule has 0 bridgehead atoms. The molecule has 0 radical (unpaired) electrons. The summed E-state index contributed by atoms with van der Waals surface area (Å²) in [5.41, 5.74) is 0.964. The number of hydrogen-bond acceptors (Lipinski definition) is 4. The Bertz CT molecular complexity index is 612. The third-order valence-electron chi connectivity index (χ3n) is 4.90. The monoisotopic (exact) mass is 347 g/mol. The number of nitrogens with one attached hydrogen (secondary N) is 1. The van der Waals surface area contributed by atoms with Gasteiger partial charge in [0.05, 0.1) is 24.7 Å². The summed E-state index contributed by atoms with van der Waals surface area (Å²) in [6.45, 7) is 12.9. The van der Waals surface area contributed by atoms with E-state index in [1.165, 1.54) is 0 Å². The number of methoxy groups -OCH3 is 1. The van der Waals surface area contributed by atoms with Crippen LogP contribution in [-0.4, -0.2) is 37.9 Å². The summed E-state index contributed by atoms with van der Waals surface area (Å²) < 4.78 is 17.6. The molecule has 1 heterocycles. The van der Waals surface area contributed by atoms with Crippen molar-refractivity contribution in [1.82, 2.24) is 5.32 Å². The van der Waals surface area contributed by atoms with Gasteiger partial charge in [-0.15, -0.1) is 0 Å². The van der Waals surface area contributed by atoms with Crippen molar-refractivity contribution in [1.29, 1.82) is 0 Å². The molecule has 1 aliphatic rings. The average Bonchev–Trinajstić information content (AvgIpc) is 2.73. The lowest BCUT2D eigenvalue weighted by atomic mass is 9.78. The first-order chi connectivity index (χ1) is 11.6. The Morgan fingerprint density at radius 3 is 2.32 bits per heavy atom. The Morgan fingerprint density at radius 2 is 1.80 bits per heavy atom. The lowest BCUT2D eigenvalue weighted by molar-refractivity contribution is -0.120. The maximum Gasteiger partial charge on any atom is 0.494 e. The molecule has 2 rings (SSSR count). The van der Waals surface area contributed by atoms with Crippen LogP contribution < -0.4 is 15.5 Å². The summed E-state index contributed by atoms with van der Waals surface area (Å²) in [5, 5.41) is 2.93. The van der Waals surface area contributed by atoms with Gasteiger partial charge in [0.15, 0.2) is 0 Å². The van der Waals surface area contributed by atoms with E-state index in [0.29, 0.717) is 24.6 Å². The molecular weight excluding hydrogens is 317 g/mol. The van der Waals surface area contributed by atoms with E-state index >= 15 is 0 Å². The van der Waals surface area contributed by atoms with Crippen LogP contribution in [0.2, 0.25) is 0 Å². The quantitative estimate of drug-likeness (QED) is 0.803. The summed E-state index contributed by atoms with van der Waals surface area (Å²) in [6, 6.07) is 5.75. The third kappa shape index (κ3) is 4.56. The first-order valence-corrected chi connectivity index (χ1v) is 8.85. The number of carbonyl (C=O) groups excluding carboxylic acids is 1. The SMILES string of the molecule is COc1cc(B2OC(C)(C)C(C)(C)O2)ccc1CC(=O)NCC(C)C. The van der Waals surface area contributed by atoms with Crippen LogP contribution in [0.3, 0.4) is 0 Å². The number of ether oxygens (including phenoxy) is 1. The molecule has 0 aromatic heterocycles. The summed E-state index contributed by atoms with van der Waals surface area (Å²) in [7, 11) is 1.17. The molecule has 1 aromatic rings. The Hall–Kier alpha value is -1.53. The van der Waals surface area contributed by atoms with Crippen molar-refractivity contribution >= 4 is 18.5 Å². The van der Waals surface area contributed by atoms with Crippen LogP contribution >= 0.6 is 0 Å². The zero-order valence-corrected chi connectivity index (χ0v) is 16.4. The minimum absolute atomic E-state index is 0.00427. The van der Waals surface area contributed by atoms with E-state index < -0.39 is 7.12 Å². The summed E-state index contributed by atoms with van der Waals surface area (Å²) >= 11 is 0. The fraction of sp³-hybridized carbons (Fsp3) is 0.632. The van der Waals surface area contributed by atoms with Crippen LogP contribution in [0.1, 0.15) is 47.1 Å². The van der Waals surface area contributed by atoms with Crippen molar-refractivity contribution in [3.05, 3.63) is 23.8 Å². The molecule has 0 spiro atoms. The van der Waals surface area contributed by atoms with Crippen LogP contribution in [0.4, 0.5) is 0 Å². The fourth-order valence-electron chi connectivity index (χ4n) is 2.59. The fourth-order valence-corrected chi connectivity index (χ4v) is 2.59. The van der Waals surface area contributed by atoms with Crippen molar-refractivity contribution < 1.29 is 18.8 Å². The topological polar surface area (TPSA) is 56.8 Å². The molecule has 1 amide bonds. The molecule has 1 N–H and O–H groups in total. The van der Waals surface area contributed by atoms with Gasteiger partial charge >= 0.3 is 7.12 Å². The van der Waals surface area contributed by atoms with E-state index in [1.807, 2.05) is 45.9 Å². The summed E-state index contributed by atoms with van der Waals surface area (Å²) in [4.78, 5) is 12.1. The normalized spacial score (nSPS) is 18.5. The van der Waals surface area contributed by atoms with Crippen LogP contribution in [0.5, 0.6) is 5.75 Å². The van der Waals surface area contributed by atoms with E-state index in [4.69, 9.17) is 14.0 Å². The highest BCUT2D eigenvalue weighted by molar-refractivity contribution is 6.62. The maximum atomic E-state index is 12.1. The van der Waals surface area contributed by atoms with Gasteiger partial charge in [0.2, 0.25) is 5.91 Å². The largest absolute Gasteiger partial charge is 0.496 e. The third-order valence-corrected chi connectivity index (χ3v) is 4.90. The second-order valence-corrected chi connectivity index (χ2v) is 8.03. The summed E-state index contributed by atoms with van der Waals surface area (Å²) in [5.74, 6) is 1.10. The van der Waals surface area contributed by atoms with Crippen LogP contribution in [-0.2, 0) is 20.5 Å². The van der Waals surface area contributed by atoms with Gasteiger partial charge in [0.1, 0.15) is 5.75 Å². The van der Waals surface area contributed by atoms with E-state index in [0.717, 1.165) is 11.0 Å². The van der Waals surface area contributed by atoms with Gasteiger partial charge in [-0.1, -0.05) is 26.0 Å². The molecule has 0 unspecified atom stereocenters. The van der Waals surface area contributed by atoms with Gasteiger partial charge in [-0.3, -0.25) is 4.79 Å². The molecule has 138 valence electrons. The zero-order valence-electron chi connectivity index (χ0n) is 16.4. The molecule has 1 saturated heterocycles. The molecule has 0 aliphatic carbocycles. The van der Waals surface area contributed by atoms with Gasteiger partial charge in [0, 0.05) is 12.1 Å². The smallest absolute Gasteiger partial charge is 0.494 e. The predicted molar refractivity (Wildman–Crippen MR) is 100 cm³/mol. The number of rotatable bonds is 6. The zero-order chi connectivity index (χ0) is 18.8. The van der Waals surface area contributed by atoms with E-state index in [2.05, 4.69) is 19.2 Å². The number of benzene rings is 1. The lowest BCUT2D eigenvalue weighted by Gasteiger charge is -2.32. The number of amides is 1. The molecule has 1 aromatic carbocycles. The minimum Gasteiger partial charge on any atom is -0.496 e. The van der Waals surface area contributed by atoms with Gasteiger partial charge in [-0.05, 0) is 45.1 Å².